The zero-order chi connectivity index (χ0) is 25.0. The fourth-order valence-electron chi connectivity index (χ4n) is 3.90. The van der Waals surface area contributed by atoms with Gasteiger partial charge in [-0.2, -0.15) is 13.2 Å². The maximum atomic E-state index is 13.2. The van der Waals surface area contributed by atoms with Gasteiger partial charge < -0.3 is 24.2 Å². The average molecular weight is 480 g/mol. The molecular formula is C24H27F3N2O5. The van der Waals surface area contributed by atoms with E-state index in [2.05, 4.69) is 11.6 Å². The molecule has 1 fully saturated rings. The first-order valence-electron chi connectivity index (χ1n) is 10.6. The number of morpholine rings is 1. The van der Waals surface area contributed by atoms with Gasteiger partial charge in [0.15, 0.2) is 11.9 Å². The highest BCUT2D eigenvalue weighted by Crippen LogP contribution is 2.44. The summed E-state index contributed by atoms with van der Waals surface area (Å²) in [5.74, 6) is -0.210. The van der Waals surface area contributed by atoms with Crippen molar-refractivity contribution in [3.63, 3.8) is 0 Å². The van der Waals surface area contributed by atoms with E-state index in [-0.39, 0.29) is 37.6 Å². The Labute approximate surface area is 195 Å². The molecule has 7 nitrogen and oxygen atoms in total. The predicted molar refractivity (Wildman–Crippen MR) is 118 cm³/mol. The summed E-state index contributed by atoms with van der Waals surface area (Å²) in [6.07, 6.45) is -4.82. The molecule has 1 aromatic carbocycles. The van der Waals surface area contributed by atoms with E-state index in [0.717, 1.165) is 0 Å². The second kappa shape index (κ2) is 10.3. The summed E-state index contributed by atoms with van der Waals surface area (Å²) in [4.78, 5) is 17.6. The van der Waals surface area contributed by atoms with Crippen LogP contribution in [0.15, 0.2) is 42.7 Å². The van der Waals surface area contributed by atoms with Crippen molar-refractivity contribution in [3.8, 4) is 17.2 Å². The second-order valence-corrected chi connectivity index (χ2v) is 7.96. The first-order valence-corrected chi connectivity index (χ1v) is 10.6. The molecule has 34 heavy (non-hydrogen) atoms. The second-order valence-electron chi connectivity index (χ2n) is 7.96. The van der Waals surface area contributed by atoms with E-state index in [4.69, 9.17) is 14.2 Å². The van der Waals surface area contributed by atoms with E-state index in [9.17, 15) is 23.1 Å². The third-order valence-electron chi connectivity index (χ3n) is 5.77. The SMILES string of the molecule is C=C(CC(c1ccc(C(C)=O)cn1)c1c(O)cc(OC)cc1OC)N1CCOC(C(F)(F)F)C1. The summed E-state index contributed by atoms with van der Waals surface area (Å²) in [5, 5.41) is 10.8. The highest BCUT2D eigenvalue weighted by Gasteiger charge is 2.43. The summed E-state index contributed by atoms with van der Waals surface area (Å²) in [6.45, 7) is 5.23. The Hall–Kier alpha value is -3.27. The van der Waals surface area contributed by atoms with Crippen molar-refractivity contribution in [2.24, 2.45) is 0 Å². The fourth-order valence-corrected chi connectivity index (χ4v) is 3.90. The molecule has 1 saturated heterocycles. The van der Waals surface area contributed by atoms with Crippen molar-refractivity contribution in [1.29, 1.82) is 0 Å². The molecule has 0 radical (unpaired) electrons. The minimum atomic E-state index is -4.49. The zero-order valence-electron chi connectivity index (χ0n) is 19.2. The monoisotopic (exact) mass is 480 g/mol. The highest BCUT2D eigenvalue weighted by atomic mass is 19.4. The molecule has 0 aliphatic carbocycles. The number of aromatic nitrogens is 1. The molecule has 2 atom stereocenters. The largest absolute Gasteiger partial charge is 0.507 e. The van der Waals surface area contributed by atoms with Crippen LogP contribution in [0.2, 0.25) is 0 Å². The lowest BCUT2D eigenvalue weighted by Gasteiger charge is -2.37. The van der Waals surface area contributed by atoms with Crippen LogP contribution in [-0.2, 0) is 4.74 Å². The normalized spacial score (nSPS) is 17.2. The molecule has 2 heterocycles. The molecule has 0 amide bonds. The van der Waals surface area contributed by atoms with Crippen molar-refractivity contribution in [2.75, 3.05) is 33.9 Å². The molecule has 1 aromatic heterocycles. The van der Waals surface area contributed by atoms with Gasteiger partial charge in [-0.25, -0.2) is 0 Å². The summed E-state index contributed by atoms with van der Waals surface area (Å²) in [5.41, 5.74) is 1.71. The number of allylic oxidation sites excluding steroid dienone is 1. The number of phenolic OH excluding ortho intramolecular Hbond substituents is 1. The first-order chi connectivity index (χ1) is 16.0. The van der Waals surface area contributed by atoms with Crippen LogP contribution in [0.3, 0.4) is 0 Å². The number of nitrogens with zero attached hydrogens (tertiary/aromatic N) is 2. The van der Waals surface area contributed by atoms with Gasteiger partial charge in [-0.3, -0.25) is 9.78 Å². The van der Waals surface area contributed by atoms with Gasteiger partial charge in [0.05, 0.1) is 27.4 Å². The molecule has 3 rings (SSSR count). The molecule has 1 aliphatic rings. The molecule has 0 spiro atoms. The molecule has 10 heteroatoms. The van der Waals surface area contributed by atoms with Gasteiger partial charge in [-0.05, 0) is 25.5 Å². The Morgan fingerprint density at radius 2 is 2.06 bits per heavy atom. The van der Waals surface area contributed by atoms with E-state index in [1.54, 1.807) is 18.2 Å². The van der Waals surface area contributed by atoms with Crippen molar-refractivity contribution < 1.29 is 37.3 Å². The van der Waals surface area contributed by atoms with Crippen molar-refractivity contribution in [1.82, 2.24) is 9.88 Å². The molecule has 1 aliphatic heterocycles. The number of carbonyl (C=O) groups is 1. The van der Waals surface area contributed by atoms with Crippen LogP contribution in [0.25, 0.3) is 0 Å². The number of aromatic hydroxyl groups is 1. The summed E-state index contributed by atoms with van der Waals surface area (Å²) >= 11 is 0. The number of ether oxygens (including phenoxy) is 3. The fraction of sp³-hybridized carbons (Fsp3) is 0.417. The number of Topliss-reactive ketones (excluding diaryl/α,β-unsaturated/α-hetero) is 1. The van der Waals surface area contributed by atoms with Crippen LogP contribution in [-0.4, -0.2) is 67.0 Å². The maximum Gasteiger partial charge on any atom is 0.416 e. The third-order valence-corrected chi connectivity index (χ3v) is 5.77. The number of hydrogen-bond acceptors (Lipinski definition) is 7. The zero-order valence-corrected chi connectivity index (χ0v) is 19.2. The van der Waals surface area contributed by atoms with Gasteiger partial charge >= 0.3 is 6.18 Å². The minimum absolute atomic E-state index is 0.0868. The minimum Gasteiger partial charge on any atom is -0.507 e. The number of alkyl halides is 3. The number of ketones is 1. The van der Waals surface area contributed by atoms with E-state index < -0.39 is 18.2 Å². The number of methoxy groups -OCH3 is 2. The van der Waals surface area contributed by atoms with Gasteiger partial charge in [0.25, 0.3) is 0 Å². The van der Waals surface area contributed by atoms with Crippen LogP contribution < -0.4 is 9.47 Å². The smallest absolute Gasteiger partial charge is 0.416 e. The quantitative estimate of drug-likeness (QED) is 0.564. The lowest BCUT2D eigenvalue weighted by atomic mass is 9.88. The first kappa shape index (κ1) is 25.4. The van der Waals surface area contributed by atoms with Gasteiger partial charge in [-0.15, -0.1) is 0 Å². The van der Waals surface area contributed by atoms with Gasteiger partial charge in [0.1, 0.15) is 17.2 Å². The van der Waals surface area contributed by atoms with Crippen LogP contribution in [0.5, 0.6) is 17.2 Å². The molecule has 1 N–H and O–H groups in total. The van der Waals surface area contributed by atoms with E-state index >= 15 is 0 Å². The standard InChI is InChI=1S/C24H27F3N2O5/c1-14(29-7-8-34-22(13-29)24(25,26)27)9-18(19-6-5-16(12-28-19)15(2)30)23-20(31)10-17(32-3)11-21(23)33-4/h5-6,10-12,18,22,31H,1,7-9,13H2,2-4H3. The van der Waals surface area contributed by atoms with Gasteiger partial charge in [0, 0.05) is 53.3 Å². The van der Waals surface area contributed by atoms with E-state index in [1.807, 2.05) is 0 Å². The van der Waals surface area contributed by atoms with E-state index in [1.165, 1.54) is 38.3 Å². The number of benzene rings is 1. The third kappa shape index (κ3) is 5.61. The number of pyridine rings is 1. The Kier molecular flexibility index (Phi) is 7.71. The van der Waals surface area contributed by atoms with Crippen LogP contribution in [0.4, 0.5) is 13.2 Å². The number of hydrogen-bond donors (Lipinski definition) is 1. The van der Waals surface area contributed by atoms with Crippen molar-refractivity contribution in [3.05, 3.63) is 59.6 Å². The summed E-state index contributed by atoms with van der Waals surface area (Å²) in [7, 11) is 2.89. The lowest BCUT2D eigenvalue weighted by molar-refractivity contribution is -0.235. The number of rotatable bonds is 8. The van der Waals surface area contributed by atoms with E-state index in [0.29, 0.717) is 34.0 Å². The van der Waals surface area contributed by atoms with Crippen LogP contribution >= 0.6 is 0 Å². The molecule has 2 unspecified atom stereocenters. The molecule has 2 aromatic rings. The number of carbonyl (C=O) groups excluding carboxylic acids is 1. The Balaban J connectivity index is 1.99. The van der Waals surface area contributed by atoms with Gasteiger partial charge in [0.2, 0.25) is 0 Å². The molecular weight excluding hydrogens is 453 g/mol. The highest BCUT2D eigenvalue weighted by molar-refractivity contribution is 5.93. The molecule has 0 bridgehead atoms. The topological polar surface area (TPSA) is 81.1 Å². The maximum absolute atomic E-state index is 13.2. The summed E-state index contributed by atoms with van der Waals surface area (Å²) in [6, 6.07) is 6.28. The molecule has 184 valence electrons. The van der Waals surface area contributed by atoms with Crippen LogP contribution in [0.1, 0.15) is 40.9 Å². The molecule has 0 saturated carbocycles. The summed E-state index contributed by atoms with van der Waals surface area (Å²) < 4.78 is 55.2. The Morgan fingerprint density at radius 1 is 1.32 bits per heavy atom. The number of phenols is 1. The lowest BCUT2D eigenvalue weighted by Crippen LogP contribution is -2.48. The number of halogens is 3. The Morgan fingerprint density at radius 3 is 2.62 bits per heavy atom. The van der Waals surface area contributed by atoms with Crippen molar-refractivity contribution >= 4 is 5.78 Å². The van der Waals surface area contributed by atoms with Crippen LogP contribution in [0, 0.1) is 0 Å². The Bertz CT molecular complexity index is 1040. The predicted octanol–water partition coefficient (Wildman–Crippen LogP) is 4.31. The van der Waals surface area contributed by atoms with Gasteiger partial charge in [-0.1, -0.05) is 6.58 Å². The van der Waals surface area contributed by atoms with Crippen molar-refractivity contribution in [2.45, 2.75) is 31.5 Å². The average Bonchev–Trinajstić information content (AvgIpc) is 2.81.